The molecule has 0 radical (unpaired) electrons. The van der Waals surface area contributed by atoms with Crippen molar-refractivity contribution in [1.82, 2.24) is 9.88 Å². The number of carbonyl (C=O) groups is 1. The van der Waals surface area contributed by atoms with Crippen LogP contribution in [0.15, 0.2) is 65.6 Å². The summed E-state index contributed by atoms with van der Waals surface area (Å²) in [6, 6.07) is 9.10. The van der Waals surface area contributed by atoms with Crippen molar-refractivity contribution < 1.29 is 31.5 Å². The van der Waals surface area contributed by atoms with E-state index in [1.54, 1.807) is 0 Å². The minimum atomic E-state index is -5.09. The van der Waals surface area contributed by atoms with Crippen LogP contribution in [-0.4, -0.2) is 16.8 Å². The summed E-state index contributed by atoms with van der Waals surface area (Å²) in [5, 5.41) is 2.52. The summed E-state index contributed by atoms with van der Waals surface area (Å²) in [5.74, 6) is -3.83. The summed E-state index contributed by atoms with van der Waals surface area (Å²) >= 11 is 0. The second kappa shape index (κ2) is 8.58. The number of nitrogens with zero attached hydrogens (tertiary/aromatic N) is 1. The van der Waals surface area contributed by atoms with Gasteiger partial charge in [0.25, 0.3) is 5.91 Å². The molecule has 3 rings (SSSR count). The zero-order chi connectivity index (χ0) is 22.8. The maximum atomic E-state index is 14.4. The van der Waals surface area contributed by atoms with Crippen LogP contribution in [0.5, 0.6) is 5.75 Å². The molecule has 5 nitrogen and oxygen atoms in total. The first kappa shape index (κ1) is 22.0. The zero-order valence-electron chi connectivity index (χ0n) is 15.9. The number of ether oxygens (including phenoxy) is 1. The van der Waals surface area contributed by atoms with Crippen LogP contribution in [0.4, 0.5) is 22.0 Å². The Kier molecular flexibility index (Phi) is 6.09. The third-order valence-corrected chi connectivity index (χ3v) is 4.35. The molecule has 0 fully saturated rings. The second-order valence-corrected chi connectivity index (χ2v) is 6.53. The lowest BCUT2D eigenvalue weighted by molar-refractivity contribution is -0.275. The highest BCUT2D eigenvalue weighted by atomic mass is 19.4. The van der Waals surface area contributed by atoms with E-state index in [0.29, 0.717) is 0 Å². The topological polar surface area (TPSA) is 60.3 Å². The summed E-state index contributed by atoms with van der Waals surface area (Å²) in [5.41, 5.74) is -0.342. The Morgan fingerprint density at radius 2 is 1.74 bits per heavy atom. The molecule has 3 aromatic rings. The fraction of sp³-hybridized carbons (Fsp3) is 0.143. The average molecular weight is 438 g/mol. The van der Waals surface area contributed by atoms with Gasteiger partial charge in [-0.3, -0.25) is 9.59 Å². The van der Waals surface area contributed by atoms with Crippen molar-refractivity contribution in [2.75, 3.05) is 0 Å². The molecule has 2 aromatic carbocycles. The van der Waals surface area contributed by atoms with Crippen molar-refractivity contribution in [3.8, 4) is 5.75 Å². The Balaban J connectivity index is 2.00. The molecule has 10 heteroatoms. The van der Waals surface area contributed by atoms with Crippen LogP contribution in [0.25, 0.3) is 0 Å². The van der Waals surface area contributed by atoms with Gasteiger partial charge in [0, 0.05) is 24.9 Å². The molecule has 162 valence electrons. The number of aromatic nitrogens is 1. The summed E-state index contributed by atoms with van der Waals surface area (Å²) < 4.78 is 70.6. The molecule has 0 aliphatic carbocycles. The van der Waals surface area contributed by atoms with Crippen LogP contribution in [0.1, 0.15) is 27.5 Å². The molecule has 0 saturated carbocycles. The first-order valence-corrected chi connectivity index (χ1v) is 8.82. The lowest BCUT2D eigenvalue weighted by Crippen LogP contribution is -2.31. The Labute approximate surface area is 172 Å². The first-order valence-electron chi connectivity index (χ1n) is 8.82. The molecule has 1 N–H and O–H groups in total. The van der Waals surface area contributed by atoms with E-state index in [1.165, 1.54) is 37.5 Å². The molecular weight excluding hydrogens is 423 g/mol. The number of hydrogen-bond donors (Lipinski definition) is 1. The predicted octanol–water partition coefficient (Wildman–Crippen LogP) is 4.08. The number of aryl methyl sites for hydroxylation is 1. The van der Waals surface area contributed by atoms with Crippen LogP contribution in [-0.2, 0) is 7.05 Å². The van der Waals surface area contributed by atoms with Crippen LogP contribution in [0, 0.1) is 11.6 Å². The van der Waals surface area contributed by atoms with E-state index in [4.69, 9.17) is 0 Å². The minimum Gasteiger partial charge on any atom is -0.403 e. The molecule has 0 saturated heterocycles. The van der Waals surface area contributed by atoms with E-state index in [1.807, 2.05) is 0 Å². The van der Waals surface area contributed by atoms with Gasteiger partial charge in [0.2, 0.25) is 5.56 Å². The molecule has 0 aliphatic heterocycles. The van der Waals surface area contributed by atoms with Crippen molar-refractivity contribution in [1.29, 1.82) is 0 Å². The quantitative estimate of drug-likeness (QED) is 0.611. The van der Waals surface area contributed by atoms with Crippen molar-refractivity contribution in [3.63, 3.8) is 0 Å². The van der Waals surface area contributed by atoms with Crippen LogP contribution in [0.3, 0.4) is 0 Å². The number of hydrogen-bond acceptors (Lipinski definition) is 3. The highest BCUT2D eigenvalue weighted by Gasteiger charge is 2.33. The number of carbonyl (C=O) groups excluding carboxylic acids is 1. The van der Waals surface area contributed by atoms with Crippen molar-refractivity contribution in [2.24, 2.45) is 7.05 Å². The minimum absolute atomic E-state index is 0.0182. The normalized spacial score (nSPS) is 12.3. The van der Waals surface area contributed by atoms with Gasteiger partial charge in [0.1, 0.15) is 5.82 Å². The molecule has 1 amide bonds. The van der Waals surface area contributed by atoms with Crippen molar-refractivity contribution >= 4 is 5.91 Å². The van der Waals surface area contributed by atoms with Gasteiger partial charge in [-0.25, -0.2) is 8.78 Å². The van der Waals surface area contributed by atoms with Gasteiger partial charge in [0.15, 0.2) is 11.6 Å². The molecule has 0 unspecified atom stereocenters. The second-order valence-electron chi connectivity index (χ2n) is 6.53. The van der Waals surface area contributed by atoms with Crippen LogP contribution in [0.2, 0.25) is 0 Å². The molecule has 1 atom stereocenters. The molecule has 1 aromatic heterocycles. The van der Waals surface area contributed by atoms with Crippen molar-refractivity contribution in [2.45, 2.75) is 12.4 Å². The standard InChI is InChI=1S/C21H15F5N2O3/c1-28-11-13(7-9-18(28)29)20(30)27-19(14-4-2-3-5-15(14)22)12-6-8-17(16(23)10-12)31-21(24,25)26/h2-11,19H,1H3,(H,27,30)/t19-/m0/s1. The van der Waals surface area contributed by atoms with Gasteiger partial charge < -0.3 is 14.6 Å². The Morgan fingerprint density at radius 3 is 2.35 bits per heavy atom. The number of pyridine rings is 1. The zero-order valence-corrected chi connectivity index (χ0v) is 15.9. The average Bonchev–Trinajstić information content (AvgIpc) is 2.69. The number of alkyl halides is 3. The maximum absolute atomic E-state index is 14.4. The van der Waals surface area contributed by atoms with Gasteiger partial charge in [-0.15, -0.1) is 13.2 Å². The molecule has 0 aliphatic rings. The highest BCUT2D eigenvalue weighted by molar-refractivity contribution is 5.94. The van der Waals surface area contributed by atoms with Gasteiger partial charge >= 0.3 is 6.36 Å². The Bertz CT molecular complexity index is 1170. The number of amides is 1. The maximum Gasteiger partial charge on any atom is 0.573 e. The lowest BCUT2D eigenvalue weighted by atomic mass is 9.97. The smallest absolute Gasteiger partial charge is 0.403 e. The van der Waals surface area contributed by atoms with Crippen LogP contribution < -0.4 is 15.6 Å². The summed E-state index contributed by atoms with van der Waals surface area (Å²) in [6.45, 7) is 0. The van der Waals surface area contributed by atoms with E-state index in [-0.39, 0.29) is 22.2 Å². The molecule has 31 heavy (non-hydrogen) atoms. The fourth-order valence-corrected chi connectivity index (χ4v) is 2.90. The largest absolute Gasteiger partial charge is 0.573 e. The number of nitrogens with one attached hydrogen (secondary N) is 1. The first-order chi connectivity index (χ1) is 14.5. The third kappa shape index (κ3) is 5.27. The number of halogens is 5. The Hall–Kier alpha value is -3.69. The third-order valence-electron chi connectivity index (χ3n) is 4.35. The monoisotopic (exact) mass is 438 g/mol. The Morgan fingerprint density at radius 1 is 1.03 bits per heavy atom. The molecule has 1 heterocycles. The number of rotatable bonds is 5. The summed E-state index contributed by atoms with van der Waals surface area (Å²) in [7, 11) is 1.43. The summed E-state index contributed by atoms with van der Waals surface area (Å²) in [6.07, 6.45) is -3.83. The number of benzene rings is 2. The lowest BCUT2D eigenvalue weighted by Gasteiger charge is -2.21. The van der Waals surface area contributed by atoms with Gasteiger partial charge in [-0.2, -0.15) is 0 Å². The van der Waals surface area contributed by atoms with Crippen molar-refractivity contribution in [3.05, 3.63) is 99.5 Å². The van der Waals surface area contributed by atoms with E-state index in [0.717, 1.165) is 34.9 Å². The highest BCUT2D eigenvalue weighted by Crippen LogP contribution is 2.31. The van der Waals surface area contributed by atoms with Gasteiger partial charge in [-0.1, -0.05) is 24.3 Å². The molecular formula is C21H15F5N2O3. The van der Waals surface area contributed by atoms with E-state index in [2.05, 4.69) is 10.1 Å². The SMILES string of the molecule is Cn1cc(C(=O)N[C@@H](c2ccc(OC(F)(F)F)c(F)c2)c2ccccc2F)ccc1=O. The summed E-state index contributed by atoms with van der Waals surface area (Å²) in [4.78, 5) is 24.2. The van der Waals surface area contributed by atoms with Gasteiger partial charge in [-0.05, 0) is 29.8 Å². The van der Waals surface area contributed by atoms with E-state index in [9.17, 15) is 31.5 Å². The van der Waals surface area contributed by atoms with E-state index < -0.39 is 35.7 Å². The molecule has 0 bridgehead atoms. The van der Waals surface area contributed by atoms with Gasteiger partial charge in [0.05, 0.1) is 11.6 Å². The molecule has 0 spiro atoms. The predicted molar refractivity (Wildman–Crippen MR) is 100 cm³/mol. The van der Waals surface area contributed by atoms with Crippen LogP contribution >= 0.6 is 0 Å². The fourth-order valence-electron chi connectivity index (χ4n) is 2.90. The van der Waals surface area contributed by atoms with E-state index >= 15 is 0 Å².